The minimum atomic E-state index is -4.85. The van der Waals surface area contributed by atoms with Crippen LogP contribution in [-0.4, -0.2) is 78.5 Å². The first-order valence-corrected chi connectivity index (χ1v) is 33.0. The van der Waals surface area contributed by atoms with E-state index < -0.39 is 42.2 Å². The maximum absolute atomic E-state index is 12.7. The van der Waals surface area contributed by atoms with Crippen molar-refractivity contribution in [3.63, 3.8) is 0 Å². The second kappa shape index (κ2) is 29.3. The number of aryl methyl sites for hydroxylation is 3. The Morgan fingerprint density at radius 2 is 0.843 bits per heavy atom. The van der Waals surface area contributed by atoms with Gasteiger partial charge in [0, 0.05) is 65.1 Å². The molecule has 9 aromatic rings. The number of anilines is 3. The number of carbonyl (C=O) groups excluding carboxylic acids is 3. The zero-order valence-electron chi connectivity index (χ0n) is 47.7. The summed E-state index contributed by atoms with van der Waals surface area (Å²) in [6.45, 7) is 9.04. The van der Waals surface area contributed by atoms with Crippen molar-refractivity contribution in [3.8, 4) is 49.2 Å². The quantitative estimate of drug-likeness (QED) is 0.0389. The third-order valence-corrected chi connectivity index (χ3v) is 18.8. The molecule has 0 atom stereocenters. The van der Waals surface area contributed by atoms with Gasteiger partial charge >= 0.3 is 6.36 Å². The van der Waals surface area contributed by atoms with Crippen LogP contribution in [-0.2, 0) is 64.1 Å². The number of hydrogen-bond acceptors (Lipinski definition) is 21. The van der Waals surface area contributed by atoms with E-state index in [2.05, 4.69) is 49.8 Å². The van der Waals surface area contributed by atoms with Crippen LogP contribution in [0.15, 0.2) is 126 Å². The highest BCUT2D eigenvalue weighted by Gasteiger charge is 2.31. The number of furan rings is 3. The van der Waals surface area contributed by atoms with Crippen molar-refractivity contribution in [2.75, 3.05) is 30.2 Å². The zero-order valence-corrected chi connectivity index (χ0v) is 54.1. The number of methoxy groups -OCH3 is 2. The number of amides is 3. The molecule has 6 N–H and O–H groups in total. The first kappa shape index (κ1) is 68.8. The number of nitrogens with one attached hydrogen (secondary N) is 6. The van der Waals surface area contributed by atoms with Crippen LogP contribution in [0.4, 0.5) is 28.6 Å². The SMILES string of the molecule is CC(=O)Nc1nc(C)c(-c2ccc(S(=O)(=O)NCc3cc(Cl)cc(Cl)c3)o2)s1.CC(=O)Nc1nc(C)c(-c2ccc(S(=O)(=O)NCc3cccc(OC(F)(F)F)c3)o2)s1.COc1cc(CNS(=O)(=O)c2ccc(-c3sc(NC(C)=O)nc3C)o2)cc(OC)c1.[HH].[HH].[HH].[HH].[HH].[HH]. The maximum atomic E-state index is 12.7. The van der Waals surface area contributed by atoms with E-state index >= 15 is 0 Å². The first-order chi connectivity index (χ1) is 41.8. The molecule has 486 valence electrons. The molecule has 6 heterocycles. The van der Waals surface area contributed by atoms with Crippen LogP contribution in [0.3, 0.4) is 0 Å². The lowest BCUT2D eigenvalue weighted by molar-refractivity contribution is -0.274. The summed E-state index contributed by atoms with van der Waals surface area (Å²) in [4.78, 5) is 48.0. The van der Waals surface area contributed by atoms with Crippen molar-refractivity contribution in [3.05, 3.63) is 141 Å². The molecule has 9 rings (SSSR count). The van der Waals surface area contributed by atoms with Crippen molar-refractivity contribution >= 4 is 120 Å². The Bertz CT molecular complexity index is 4380. The highest BCUT2D eigenvalue weighted by atomic mass is 35.5. The third kappa shape index (κ3) is 19.6. The number of thiazole rings is 3. The van der Waals surface area contributed by atoms with Gasteiger partial charge in [0.2, 0.25) is 33.0 Å². The predicted octanol–water partition coefficient (Wildman–Crippen LogP) is 13.1. The van der Waals surface area contributed by atoms with E-state index in [-0.39, 0.29) is 72.5 Å². The molecule has 0 radical (unpaired) electrons. The van der Waals surface area contributed by atoms with E-state index in [1.165, 1.54) is 94.1 Å². The molecule has 3 amide bonds. The fraction of sp³-hybridized carbons (Fsp3) is 0.222. The summed E-state index contributed by atoms with van der Waals surface area (Å²) >= 11 is 15.4. The number of nitrogens with zero attached hydrogens (tertiary/aromatic N) is 3. The van der Waals surface area contributed by atoms with Crippen molar-refractivity contribution in [2.45, 2.75) is 82.8 Å². The monoisotopic (exact) mass is 1400 g/mol. The second-order valence-corrected chi connectivity index (χ2v) is 27.3. The molecule has 3 aromatic carbocycles. The van der Waals surface area contributed by atoms with Gasteiger partial charge in [-0.15, -0.1) is 13.2 Å². The molecule has 6 aromatic heterocycles. The highest BCUT2D eigenvalue weighted by molar-refractivity contribution is 7.89. The van der Waals surface area contributed by atoms with Crippen LogP contribution in [0.2, 0.25) is 10.0 Å². The molecule has 0 aliphatic carbocycles. The lowest BCUT2D eigenvalue weighted by Gasteiger charge is -2.10. The van der Waals surface area contributed by atoms with Gasteiger partial charge in [-0.1, -0.05) is 69.3 Å². The van der Waals surface area contributed by atoms with E-state index in [9.17, 15) is 52.8 Å². The Labute approximate surface area is 538 Å². The number of halogens is 5. The largest absolute Gasteiger partial charge is 0.573 e. The molecule has 24 nitrogen and oxygen atoms in total. The lowest BCUT2D eigenvalue weighted by Crippen LogP contribution is -2.23. The van der Waals surface area contributed by atoms with Gasteiger partial charge < -0.3 is 43.4 Å². The third-order valence-electron chi connectivity index (χ3n) is 11.3. The number of alkyl halides is 3. The van der Waals surface area contributed by atoms with E-state index in [4.69, 9.17) is 45.9 Å². The summed E-state index contributed by atoms with van der Waals surface area (Å²) in [7, 11) is -8.82. The van der Waals surface area contributed by atoms with Crippen LogP contribution in [0.25, 0.3) is 31.9 Å². The number of hydrogen-bond donors (Lipinski definition) is 6. The van der Waals surface area contributed by atoms with Gasteiger partial charge in [0.05, 0.1) is 45.9 Å². The molecular formula is C54H64Cl2F3N9O15S6. The molecule has 0 aliphatic rings. The molecule has 0 bridgehead atoms. The Balaban J connectivity index is 0.000000691. The van der Waals surface area contributed by atoms with Crippen LogP contribution in [0.5, 0.6) is 17.2 Å². The predicted molar refractivity (Wildman–Crippen MR) is 340 cm³/mol. The summed E-state index contributed by atoms with van der Waals surface area (Å²) in [6.07, 6.45) is -4.85. The molecule has 0 aliphatic heterocycles. The summed E-state index contributed by atoms with van der Waals surface area (Å²) in [5.41, 5.74) is 3.33. The molecule has 0 unspecified atom stereocenters. The number of rotatable bonds is 21. The number of benzene rings is 3. The van der Waals surface area contributed by atoms with Crippen molar-refractivity contribution < 1.29 is 88.8 Å². The normalized spacial score (nSPS) is 11.7. The molecule has 0 fully saturated rings. The van der Waals surface area contributed by atoms with E-state index in [1.807, 2.05) is 0 Å². The van der Waals surface area contributed by atoms with Crippen molar-refractivity contribution in [1.82, 2.24) is 29.1 Å². The van der Waals surface area contributed by atoms with E-state index in [1.54, 1.807) is 69.3 Å². The van der Waals surface area contributed by atoms with Crippen LogP contribution in [0, 0.1) is 20.8 Å². The molecule has 0 saturated heterocycles. The molecular weight excluding hydrogens is 1330 g/mol. The minimum absolute atomic E-state index is 0. The number of aromatic nitrogens is 3. The highest BCUT2D eigenvalue weighted by Crippen LogP contribution is 2.38. The fourth-order valence-corrected chi connectivity index (χ4v) is 13.9. The van der Waals surface area contributed by atoms with Crippen LogP contribution < -0.4 is 44.3 Å². The van der Waals surface area contributed by atoms with Gasteiger partial charge in [0.25, 0.3) is 30.1 Å². The van der Waals surface area contributed by atoms with Crippen molar-refractivity contribution in [2.24, 2.45) is 0 Å². The van der Waals surface area contributed by atoms with Gasteiger partial charge in [-0.05, 0) is 116 Å². The number of sulfonamides is 3. The summed E-state index contributed by atoms with van der Waals surface area (Å²) in [5, 5.41) is 8.92. The average molecular weight is 1400 g/mol. The van der Waals surface area contributed by atoms with Gasteiger partial charge in [0.1, 0.15) is 34.5 Å². The second-order valence-electron chi connectivity index (χ2n) is 18.4. The Morgan fingerprint density at radius 3 is 1.18 bits per heavy atom. The minimum Gasteiger partial charge on any atom is -0.497 e. The summed E-state index contributed by atoms with van der Waals surface area (Å²) < 4.78 is 150. The van der Waals surface area contributed by atoms with Gasteiger partial charge in [-0.3, -0.25) is 14.4 Å². The van der Waals surface area contributed by atoms with Crippen LogP contribution >= 0.6 is 57.2 Å². The van der Waals surface area contributed by atoms with Gasteiger partial charge in [0.15, 0.2) is 15.4 Å². The van der Waals surface area contributed by atoms with E-state index in [0.717, 1.165) is 23.5 Å². The Kier molecular flexibility index (Phi) is 22.6. The molecule has 0 spiro atoms. The Hall–Kier alpha value is -7.70. The maximum Gasteiger partial charge on any atom is 0.573 e. The molecule has 35 heteroatoms. The average Bonchev–Trinajstić information content (AvgIpc) is 1.69. The summed E-state index contributed by atoms with van der Waals surface area (Å²) in [5.74, 6) is 0.816. The number of carbonyl (C=O) groups is 3. The number of ether oxygens (including phenoxy) is 3. The molecule has 89 heavy (non-hydrogen) atoms. The fourth-order valence-electron chi connectivity index (χ4n) is 7.53. The zero-order chi connectivity index (χ0) is 65.2. The first-order valence-electron chi connectivity index (χ1n) is 25.3. The van der Waals surface area contributed by atoms with Gasteiger partial charge in [-0.25, -0.2) is 54.4 Å². The van der Waals surface area contributed by atoms with E-state index in [0.29, 0.717) is 91.3 Å². The molecule has 0 saturated carbocycles. The van der Waals surface area contributed by atoms with Crippen molar-refractivity contribution in [1.29, 1.82) is 0 Å². The van der Waals surface area contributed by atoms with Gasteiger partial charge in [-0.2, -0.15) is 0 Å². The summed E-state index contributed by atoms with van der Waals surface area (Å²) in [6, 6.07) is 23.4. The lowest BCUT2D eigenvalue weighted by atomic mass is 10.2. The Morgan fingerprint density at radius 1 is 0.506 bits per heavy atom. The van der Waals surface area contributed by atoms with Crippen LogP contribution in [0.1, 0.15) is 63.1 Å². The topological polar surface area (TPSA) is 332 Å². The smallest absolute Gasteiger partial charge is 0.497 e. The standard InChI is InChI=1S/C19H21N3O6S2.C18H16F3N3O5S2.C17H15Cl2N3O4S2.6H2/c1-11-18(29-19(21-11)22-12(2)23)16-5-6-17(28-16)30(24,25)20-10-13-7-14(26-3)9-15(8-13)27-4;1-10-16(30-17(23-10)24-11(2)25)14-6-7-15(28-14)31(26,27)22-9-12-4-3-5-13(8-12)29-18(19,20)21;1-9-16(27-17(21-9)22-10(2)23)14-3-4-15(26-14)28(24,25)20-8-11-5-12(18)7-13(19)6-11;;;;;;/h5-9,20H,10H2,1-4H3,(H,21,22,23);3-8,22H,9H2,1-2H3,(H,23,24,25);3-7,20H,8H2,1-2H3,(H,21,22,23);6*1H.